The van der Waals surface area contributed by atoms with Gasteiger partial charge in [0.25, 0.3) is 0 Å². The van der Waals surface area contributed by atoms with Crippen LogP contribution in [0.1, 0.15) is 29.2 Å². The van der Waals surface area contributed by atoms with Gasteiger partial charge < -0.3 is 20.4 Å². The Balaban J connectivity index is 1.62. The van der Waals surface area contributed by atoms with Crippen LogP contribution in [-0.4, -0.2) is 50.9 Å². The number of rotatable bonds is 5. The Morgan fingerprint density at radius 1 is 1.09 bits per heavy atom. The van der Waals surface area contributed by atoms with Crippen LogP contribution >= 0.6 is 0 Å². The molecule has 0 bridgehead atoms. The first-order chi connectivity index (χ1) is 15.1. The van der Waals surface area contributed by atoms with E-state index in [1.54, 1.807) is 0 Å². The number of hydrogen-bond donors (Lipinski definition) is 2. The summed E-state index contributed by atoms with van der Waals surface area (Å²) < 4.78 is 37.9. The van der Waals surface area contributed by atoms with Gasteiger partial charge in [0.1, 0.15) is 0 Å². The molecule has 2 N–H and O–H groups in total. The maximum atomic E-state index is 12.6. The Bertz CT molecular complexity index is 974. The summed E-state index contributed by atoms with van der Waals surface area (Å²) in [7, 11) is 5.85. The lowest BCUT2D eigenvalue weighted by molar-refractivity contribution is -0.137. The second-order valence-corrected chi connectivity index (χ2v) is 8.13. The topological polar surface area (TPSA) is 64.7 Å². The number of halogens is 3. The molecule has 0 saturated carbocycles. The molecule has 6 nitrogen and oxygen atoms in total. The molecule has 0 unspecified atom stereocenters. The fourth-order valence-corrected chi connectivity index (χ4v) is 3.81. The van der Waals surface area contributed by atoms with E-state index < -0.39 is 23.6 Å². The number of nitrogens with one attached hydrogen (secondary N) is 2. The zero-order chi connectivity index (χ0) is 23.5. The number of amides is 2. The van der Waals surface area contributed by atoms with Crippen molar-refractivity contribution in [3.05, 3.63) is 59.2 Å². The maximum absolute atomic E-state index is 12.6. The van der Waals surface area contributed by atoms with Crippen molar-refractivity contribution in [3.63, 3.8) is 0 Å². The highest BCUT2D eigenvalue weighted by atomic mass is 19.4. The van der Waals surface area contributed by atoms with Crippen molar-refractivity contribution in [2.45, 2.75) is 25.1 Å². The number of anilines is 2. The highest BCUT2D eigenvalue weighted by molar-refractivity contribution is 6.39. The van der Waals surface area contributed by atoms with Crippen LogP contribution in [-0.2, 0) is 22.2 Å². The molecular formula is C23H27F3N4O2. The minimum atomic E-state index is -4.47. The number of hydrogen-bond acceptors (Lipinski definition) is 4. The highest BCUT2D eigenvalue weighted by Gasteiger charge is 2.30. The molecular weight excluding hydrogens is 421 g/mol. The van der Waals surface area contributed by atoms with E-state index in [0.29, 0.717) is 0 Å². The van der Waals surface area contributed by atoms with Crippen LogP contribution in [0.15, 0.2) is 42.5 Å². The summed E-state index contributed by atoms with van der Waals surface area (Å²) in [4.78, 5) is 28.6. The molecule has 2 aromatic rings. The molecule has 0 aliphatic carbocycles. The van der Waals surface area contributed by atoms with E-state index in [2.05, 4.69) is 34.7 Å². The molecule has 0 spiro atoms. The van der Waals surface area contributed by atoms with Gasteiger partial charge in [0, 0.05) is 31.5 Å². The third kappa shape index (κ3) is 5.59. The first kappa shape index (κ1) is 23.6. The summed E-state index contributed by atoms with van der Waals surface area (Å²) in [6, 6.07) is 10.0. The monoisotopic (exact) mass is 448 g/mol. The number of fused-ring (bicyclic) bond motifs is 1. The molecule has 0 fully saturated rings. The van der Waals surface area contributed by atoms with Gasteiger partial charge in [-0.15, -0.1) is 0 Å². The zero-order valence-corrected chi connectivity index (χ0v) is 18.3. The van der Waals surface area contributed by atoms with Gasteiger partial charge in [-0.05, 0) is 68.4 Å². The van der Waals surface area contributed by atoms with E-state index in [-0.39, 0.29) is 18.3 Å². The van der Waals surface area contributed by atoms with Gasteiger partial charge in [0.15, 0.2) is 0 Å². The molecule has 9 heteroatoms. The van der Waals surface area contributed by atoms with E-state index >= 15 is 0 Å². The first-order valence-corrected chi connectivity index (χ1v) is 10.3. The van der Waals surface area contributed by atoms with Gasteiger partial charge in [0.05, 0.1) is 11.6 Å². The molecule has 2 aromatic carbocycles. The third-order valence-corrected chi connectivity index (χ3v) is 5.59. The summed E-state index contributed by atoms with van der Waals surface area (Å²) in [5.74, 6) is -1.79. The number of aryl methyl sites for hydroxylation is 1. The number of benzene rings is 2. The van der Waals surface area contributed by atoms with Crippen molar-refractivity contribution >= 4 is 23.2 Å². The summed E-state index contributed by atoms with van der Waals surface area (Å²) >= 11 is 0. The van der Waals surface area contributed by atoms with Crippen LogP contribution in [0.4, 0.5) is 24.5 Å². The van der Waals surface area contributed by atoms with Crippen molar-refractivity contribution in [1.29, 1.82) is 0 Å². The van der Waals surface area contributed by atoms with Gasteiger partial charge >= 0.3 is 18.0 Å². The fourth-order valence-electron chi connectivity index (χ4n) is 3.81. The molecule has 0 radical (unpaired) electrons. The molecule has 1 aliphatic rings. The second kappa shape index (κ2) is 9.60. The average molecular weight is 448 g/mol. The van der Waals surface area contributed by atoms with Crippen molar-refractivity contribution in [2.75, 3.05) is 44.4 Å². The van der Waals surface area contributed by atoms with Gasteiger partial charge in [0.2, 0.25) is 0 Å². The Morgan fingerprint density at radius 2 is 1.78 bits per heavy atom. The summed E-state index contributed by atoms with van der Waals surface area (Å²) in [6.45, 7) is 1.23. The number of alkyl halides is 3. The molecule has 2 amide bonds. The summed E-state index contributed by atoms with van der Waals surface area (Å²) in [6.07, 6.45) is -2.39. The predicted octanol–water partition coefficient (Wildman–Crippen LogP) is 3.45. The zero-order valence-electron chi connectivity index (χ0n) is 18.3. The van der Waals surface area contributed by atoms with E-state index in [1.807, 2.05) is 25.1 Å². The average Bonchev–Trinajstić information content (AvgIpc) is 2.73. The molecule has 172 valence electrons. The number of carbonyl (C=O) groups is 2. The van der Waals surface area contributed by atoms with E-state index in [1.165, 1.54) is 11.3 Å². The van der Waals surface area contributed by atoms with Gasteiger partial charge in [-0.2, -0.15) is 13.2 Å². The normalized spacial score (nSPS) is 14.7. The predicted molar refractivity (Wildman–Crippen MR) is 118 cm³/mol. The van der Waals surface area contributed by atoms with Crippen molar-refractivity contribution < 1.29 is 22.8 Å². The van der Waals surface area contributed by atoms with E-state index in [9.17, 15) is 22.8 Å². The van der Waals surface area contributed by atoms with Crippen LogP contribution < -0.4 is 15.5 Å². The number of likely N-dealkylation sites (N-methyl/N-ethyl adjacent to an activating group) is 1. The number of nitrogens with zero attached hydrogens (tertiary/aromatic N) is 2. The van der Waals surface area contributed by atoms with E-state index in [0.717, 1.165) is 49.2 Å². The lowest BCUT2D eigenvalue weighted by Gasteiger charge is -2.30. The van der Waals surface area contributed by atoms with Gasteiger partial charge in [-0.25, -0.2) is 0 Å². The van der Waals surface area contributed by atoms with Gasteiger partial charge in [-0.3, -0.25) is 9.59 Å². The molecule has 1 atom stereocenters. The minimum absolute atomic E-state index is 0.112. The smallest absolute Gasteiger partial charge is 0.374 e. The van der Waals surface area contributed by atoms with Crippen molar-refractivity contribution in [3.8, 4) is 0 Å². The van der Waals surface area contributed by atoms with Crippen LogP contribution in [0.5, 0.6) is 0 Å². The lowest BCUT2D eigenvalue weighted by atomic mass is 9.96. The Morgan fingerprint density at radius 3 is 2.41 bits per heavy atom. The molecule has 32 heavy (non-hydrogen) atoms. The van der Waals surface area contributed by atoms with Crippen molar-refractivity contribution in [1.82, 2.24) is 10.2 Å². The Kier molecular flexibility index (Phi) is 7.08. The van der Waals surface area contributed by atoms with Crippen LogP contribution in [0.3, 0.4) is 0 Å². The molecule has 3 rings (SSSR count). The standard InChI is InChI=1S/C23H27F3N4O2/c1-29(2)20(16-6-11-19-15(13-16)5-4-12-30(19)3)14-27-21(31)22(32)28-18-9-7-17(8-10-18)23(24,25)26/h6-11,13,20H,4-5,12,14H2,1-3H3,(H,27,31)(H,28,32)/t20-/m0/s1. The molecule has 0 saturated heterocycles. The molecule has 1 aliphatic heterocycles. The second-order valence-electron chi connectivity index (χ2n) is 8.13. The largest absolute Gasteiger partial charge is 0.416 e. The minimum Gasteiger partial charge on any atom is -0.374 e. The van der Waals surface area contributed by atoms with E-state index in [4.69, 9.17) is 0 Å². The Labute approximate surface area is 185 Å². The lowest BCUT2D eigenvalue weighted by Crippen LogP contribution is -2.40. The van der Waals surface area contributed by atoms with Crippen LogP contribution in [0, 0.1) is 0 Å². The fraction of sp³-hybridized carbons (Fsp3) is 0.391. The van der Waals surface area contributed by atoms with Crippen LogP contribution in [0.25, 0.3) is 0 Å². The quantitative estimate of drug-likeness (QED) is 0.688. The molecule has 1 heterocycles. The highest BCUT2D eigenvalue weighted by Crippen LogP contribution is 2.31. The Hall–Kier alpha value is -3.07. The SMILES string of the molecule is CN1CCCc2cc([C@H](CNC(=O)C(=O)Nc3ccc(C(F)(F)F)cc3)N(C)C)ccc21. The maximum Gasteiger partial charge on any atom is 0.416 e. The van der Waals surface area contributed by atoms with Crippen LogP contribution in [0.2, 0.25) is 0 Å². The van der Waals surface area contributed by atoms with Crippen molar-refractivity contribution in [2.24, 2.45) is 0 Å². The van der Waals surface area contributed by atoms with Gasteiger partial charge in [-0.1, -0.05) is 12.1 Å². The number of carbonyl (C=O) groups excluding carboxylic acids is 2. The third-order valence-electron chi connectivity index (χ3n) is 5.59. The summed E-state index contributed by atoms with van der Waals surface area (Å²) in [5.41, 5.74) is 2.78. The summed E-state index contributed by atoms with van der Waals surface area (Å²) in [5, 5.41) is 4.95. The first-order valence-electron chi connectivity index (χ1n) is 10.3. The molecule has 0 aromatic heterocycles.